The standard InChI is InChI=1S/C24H17Br2F3N2O5S/c25-16-8-12(9-17(30)23(33)34)20(21(26)22(16)32)11-1-6-18-15(7-11)19(10-31-18)37(35,36)14-4-2-13(3-5-14)24(27,28)29/h1-8,10,17,31-32H,9,30H2,(H,33,34)/t17-/m0/s1. The van der Waals surface area contributed by atoms with Crippen molar-refractivity contribution >= 4 is 58.6 Å². The lowest BCUT2D eigenvalue weighted by Gasteiger charge is -2.17. The van der Waals surface area contributed by atoms with E-state index in [1.54, 1.807) is 12.1 Å². The van der Waals surface area contributed by atoms with Crippen molar-refractivity contribution < 1.29 is 36.6 Å². The zero-order valence-electron chi connectivity index (χ0n) is 18.5. The number of aliphatic carboxylic acids is 1. The van der Waals surface area contributed by atoms with Crippen molar-refractivity contribution in [2.75, 3.05) is 0 Å². The van der Waals surface area contributed by atoms with Crippen molar-refractivity contribution in [1.82, 2.24) is 4.98 Å². The zero-order valence-corrected chi connectivity index (χ0v) is 22.5. The summed E-state index contributed by atoms with van der Waals surface area (Å²) in [5.41, 5.74) is 6.52. The number of fused-ring (bicyclic) bond motifs is 1. The molecule has 4 rings (SSSR count). The first-order chi connectivity index (χ1) is 17.2. The van der Waals surface area contributed by atoms with Gasteiger partial charge in [-0.15, -0.1) is 0 Å². The number of carboxylic acids is 1. The van der Waals surface area contributed by atoms with Crippen LogP contribution in [0.15, 0.2) is 73.5 Å². The van der Waals surface area contributed by atoms with Crippen LogP contribution in [0, 0.1) is 0 Å². The first kappa shape index (κ1) is 27.2. The Balaban J connectivity index is 1.87. The molecule has 37 heavy (non-hydrogen) atoms. The molecule has 0 aliphatic heterocycles. The topological polar surface area (TPSA) is 133 Å². The minimum Gasteiger partial charge on any atom is -0.506 e. The Kier molecular flexibility index (Phi) is 7.18. The molecule has 194 valence electrons. The lowest BCUT2D eigenvalue weighted by atomic mass is 9.94. The maximum atomic E-state index is 13.3. The van der Waals surface area contributed by atoms with Crippen LogP contribution in [0.3, 0.4) is 0 Å². The van der Waals surface area contributed by atoms with Crippen LogP contribution < -0.4 is 5.73 Å². The zero-order chi connectivity index (χ0) is 27.3. The fraction of sp³-hybridized carbons (Fsp3) is 0.125. The number of H-pyrrole nitrogens is 1. The van der Waals surface area contributed by atoms with Gasteiger partial charge < -0.3 is 20.9 Å². The van der Waals surface area contributed by atoms with Gasteiger partial charge >= 0.3 is 12.1 Å². The number of nitrogens with one attached hydrogen (secondary N) is 1. The molecule has 0 saturated heterocycles. The number of phenolic OH excluding ortho intramolecular Hbond substituents is 1. The number of rotatable bonds is 6. The Morgan fingerprint density at radius 3 is 2.32 bits per heavy atom. The number of nitrogens with two attached hydrogens (primary N) is 1. The van der Waals surface area contributed by atoms with Gasteiger partial charge in [0.05, 0.1) is 24.3 Å². The van der Waals surface area contributed by atoms with E-state index in [0.29, 0.717) is 38.8 Å². The molecule has 5 N–H and O–H groups in total. The summed E-state index contributed by atoms with van der Waals surface area (Å²) >= 11 is 6.55. The number of halogens is 5. The van der Waals surface area contributed by atoms with Gasteiger partial charge in [0, 0.05) is 22.7 Å². The third-order valence-electron chi connectivity index (χ3n) is 5.75. The van der Waals surface area contributed by atoms with E-state index in [9.17, 15) is 36.6 Å². The van der Waals surface area contributed by atoms with Gasteiger partial charge in [-0.25, -0.2) is 8.42 Å². The minimum absolute atomic E-state index is 0.0932. The first-order valence-electron chi connectivity index (χ1n) is 10.4. The van der Waals surface area contributed by atoms with Gasteiger partial charge in [-0.1, -0.05) is 6.07 Å². The second-order valence-corrected chi connectivity index (χ2v) is 11.7. The molecule has 4 aromatic rings. The molecule has 1 atom stereocenters. The summed E-state index contributed by atoms with van der Waals surface area (Å²) in [5, 5.41) is 20.0. The number of carboxylic acid groups (broad SMARTS) is 1. The number of aromatic nitrogens is 1. The van der Waals surface area contributed by atoms with Crippen LogP contribution in [0.25, 0.3) is 22.0 Å². The van der Waals surface area contributed by atoms with E-state index in [1.807, 2.05) is 0 Å². The Bertz CT molecular complexity index is 1640. The van der Waals surface area contributed by atoms with Crippen molar-refractivity contribution in [3.05, 3.63) is 74.8 Å². The van der Waals surface area contributed by atoms with Crippen LogP contribution >= 0.6 is 31.9 Å². The molecular formula is C24H17Br2F3N2O5S. The van der Waals surface area contributed by atoms with Gasteiger partial charge in [0.1, 0.15) is 11.8 Å². The van der Waals surface area contributed by atoms with Crippen LogP contribution in [0.5, 0.6) is 5.75 Å². The van der Waals surface area contributed by atoms with E-state index >= 15 is 0 Å². The molecule has 3 aromatic carbocycles. The summed E-state index contributed by atoms with van der Waals surface area (Å²) < 4.78 is 66.0. The molecule has 0 fully saturated rings. The van der Waals surface area contributed by atoms with Crippen LogP contribution in [0.1, 0.15) is 11.1 Å². The van der Waals surface area contributed by atoms with Crippen molar-refractivity contribution in [3.63, 3.8) is 0 Å². The Labute approximate surface area is 225 Å². The Hall–Kier alpha value is -2.87. The predicted molar refractivity (Wildman–Crippen MR) is 137 cm³/mol. The molecule has 0 unspecified atom stereocenters. The van der Waals surface area contributed by atoms with Gasteiger partial charge in [0.15, 0.2) is 0 Å². The summed E-state index contributed by atoms with van der Waals surface area (Å²) in [4.78, 5) is 13.7. The second-order valence-electron chi connectivity index (χ2n) is 8.14. The van der Waals surface area contributed by atoms with E-state index in [2.05, 4.69) is 36.8 Å². The SMILES string of the molecule is N[C@@H](Cc1cc(Br)c(O)c(Br)c1-c1ccc2[nH]cc(S(=O)(=O)c3ccc(C(F)(F)F)cc3)c2c1)C(=O)O. The fourth-order valence-corrected chi connectivity index (χ4v) is 6.74. The fourth-order valence-electron chi connectivity index (χ4n) is 3.88. The number of carbonyl (C=O) groups is 1. The van der Waals surface area contributed by atoms with Crippen LogP contribution in [-0.2, 0) is 27.2 Å². The summed E-state index contributed by atoms with van der Waals surface area (Å²) in [7, 11) is -4.21. The molecule has 0 spiro atoms. The lowest BCUT2D eigenvalue weighted by Crippen LogP contribution is -2.32. The quantitative estimate of drug-likeness (QED) is 0.204. The molecular weight excluding hydrogens is 645 g/mol. The van der Waals surface area contributed by atoms with E-state index in [0.717, 1.165) is 12.1 Å². The molecule has 0 bridgehead atoms. The summed E-state index contributed by atoms with van der Waals surface area (Å²) in [5.74, 6) is -1.38. The number of aromatic hydroxyl groups is 1. The summed E-state index contributed by atoms with van der Waals surface area (Å²) in [6.45, 7) is 0. The predicted octanol–water partition coefficient (Wildman–Crippen LogP) is 5.87. The van der Waals surface area contributed by atoms with Gasteiger partial charge in [-0.2, -0.15) is 13.2 Å². The van der Waals surface area contributed by atoms with Gasteiger partial charge in [-0.05, 0) is 91.9 Å². The number of hydrogen-bond donors (Lipinski definition) is 4. The van der Waals surface area contributed by atoms with E-state index < -0.39 is 33.6 Å². The molecule has 0 radical (unpaired) electrons. The average Bonchev–Trinajstić information content (AvgIpc) is 3.26. The molecule has 0 saturated carbocycles. The second kappa shape index (κ2) is 9.78. The van der Waals surface area contributed by atoms with Crippen molar-refractivity contribution in [1.29, 1.82) is 0 Å². The number of benzene rings is 3. The number of sulfone groups is 1. The molecule has 0 amide bonds. The highest BCUT2D eigenvalue weighted by Gasteiger charge is 2.31. The normalized spacial score (nSPS) is 13.1. The Morgan fingerprint density at radius 1 is 1.08 bits per heavy atom. The maximum Gasteiger partial charge on any atom is 0.416 e. The lowest BCUT2D eigenvalue weighted by molar-refractivity contribution is -0.139. The average molecular weight is 662 g/mol. The van der Waals surface area contributed by atoms with Crippen molar-refractivity contribution in [3.8, 4) is 16.9 Å². The highest BCUT2D eigenvalue weighted by molar-refractivity contribution is 9.11. The van der Waals surface area contributed by atoms with Crippen LogP contribution in [0.4, 0.5) is 13.2 Å². The third kappa shape index (κ3) is 5.13. The molecule has 7 nitrogen and oxygen atoms in total. The van der Waals surface area contributed by atoms with Gasteiger partial charge in [0.25, 0.3) is 0 Å². The monoisotopic (exact) mass is 660 g/mol. The number of hydrogen-bond acceptors (Lipinski definition) is 5. The van der Waals surface area contributed by atoms with Crippen LogP contribution in [-0.4, -0.2) is 35.6 Å². The number of phenols is 1. The smallest absolute Gasteiger partial charge is 0.416 e. The first-order valence-corrected chi connectivity index (χ1v) is 13.5. The highest BCUT2D eigenvalue weighted by atomic mass is 79.9. The molecule has 1 aromatic heterocycles. The minimum atomic E-state index is -4.61. The van der Waals surface area contributed by atoms with E-state index in [1.165, 1.54) is 18.3 Å². The molecule has 13 heteroatoms. The Morgan fingerprint density at radius 2 is 1.73 bits per heavy atom. The van der Waals surface area contributed by atoms with Gasteiger partial charge in [0.2, 0.25) is 9.84 Å². The number of alkyl halides is 3. The highest BCUT2D eigenvalue weighted by Crippen LogP contribution is 2.44. The van der Waals surface area contributed by atoms with E-state index in [-0.39, 0.29) is 31.8 Å². The third-order valence-corrected chi connectivity index (χ3v) is 8.93. The molecule has 1 heterocycles. The molecule has 0 aliphatic carbocycles. The molecule has 0 aliphatic rings. The van der Waals surface area contributed by atoms with Crippen LogP contribution in [0.2, 0.25) is 0 Å². The van der Waals surface area contributed by atoms with Gasteiger partial charge in [-0.3, -0.25) is 4.79 Å². The van der Waals surface area contributed by atoms with E-state index in [4.69, 9.17) is 5.73 Å². The summed E-state index contributed by atoms with van der Waals surface area (Å²) in [6, 6.07) is 8.27. The largest absolute Gasteiger partial charge is 0.506 e. The maximum absolute atomic E-state index is 13.3. The summed E-state index contributed by atoms with van der Waals surface area (Å²) in [6.07, 6.45) is -3.46. The van der Waals surface area contributed by atoms with Crippen molar-refractivity contribution in [2.24, 2.45) is 5.73 Å². The van der Waals surface area contributed by atoms with Crippen molar-refractivity contribution in [2.45, 2.75) is 28.4 Å². The number of aromatic amines is 1.